The van der Waals surface area contributed by atoms with E-state index in [1.165, 1.54) is 21.3 Å². The van der Waals surface area contributed by atoms with Gasteiger partial charge in [0.1, 0.15) is 5.82 Å². The van der Waals surface area contributed by atoms with Gasteiger partial charge in [0.2, 0.25) is 10.0 Å². The second kappa shape index (κ2) is 7.81. The van der Waals surface area contributed by atoms with E-state index in [1.54, 1.807) is 13.8 Å². The van der Waals surface area contributed by atoms with Crippen LogP contribution in [0.5, 0.6) is 0 Å². The predicted molar refractivity (Wildman–Crippen MR) is 107 cm³/mol. The molecule has 150 valence electrons. The van der Waals surface area contributed by atoms with Crippen molar-refractivity contribution in [2.45, 2.75) is 25.7 Å². The van der Waals surface area contributed by atoms with Gasteiger partial charge in [0.05, 0.1) is 10.5 Å². The highest BCUT2D eigenvalue weighted by atomic mass is 35.5. The first-order valence-corrected chi connectivity index (χ1v) is 10.8. The van der Waals surface area contributed by atoms with Gasteiger partial charge in [-0.25, -0.2) is 12.8 Å². The van der Waals surface area contributed by atoms with Crippen LogP contribution in [0.1, 0.15) is 27.0 Å². The Balaban J connectivity index is 1.78. The van der Waals surface area contributed by atoms with Crippen molar-refractivity contribution in [1.82, 2.24) is 9.21 Å². The second-order valence-corrected chi connectivity index (χ2v) is 9.36. The first-order chi connectivity index (χ1) is 13.1. The Morgan fingerprint density at radius 1 is 1.00 bits per heavy atom. The van der Waals surface area contributed by atoms with Gasteiger partial charge in [-0.3, -0.25) is 4.79 Å². The molecule has 2 aromatic carbocycles. The van der Waals surface area contributed by atoms with Crippen LogP contribution in [0.3, 0.4) is 0 Å². The molecule has 8 heteroatoms. The highest BCUT2D eigenvalue weighted by Gasteiger charge is 2.33. The number of sulfonamides is 1. The van der Waals surface area contributed by atoms with E-state index in [0.717, 1.165) is 11.6 Å². The molecule has 1 aliphatic heterocycles. The molecular weight excluding hydrogens is 403 g/mol. The van der Waals surface area contributed by atoms with Gasteiger partial charge in [-0.05, 0) is 50.1 Å². The highest BCUT2D eigenvalue weighted by molar-refractivity contribution is 7.89. The summed E-state index contributed by atoms with van der Waals surface area (Å²) in [5.41, 5.74) is 2.32. The van der Waals surface area contributed by atoms with Crippen LogP contribution in [0.15, 0.2) is 35.2 Å². The standard InChI is InChI=1S/C20H22ClFN2O3S/c1-13-10-14(2)19(15(3)11-13)28(26,27)24-8-6-23(7-9-24)20(25)17-12-16(21)4-5-18(17)22/h4-5,10-12H,6-9H2,1-3H3. The van der Waals surface area contributed by atoms with E-state index >= 15 is 0 Å². The highest BCUT2D eigenvalue weighted by Crippen LogP contribution is 2.26. The molecule has 5 nitrogen and oxygen atoms in total. The minimum Gasteiger partial charge on any atom is -0.336 e. The Labute approximate surface area is 169 Å². The van der Waals surface area contributed by atoms with Gasteiger partial charge < -0.3 is 4.90 Å². The quantitative estimate of drug-likeness (QED) is 0.757. The molecule has 0 aromatic heterocycles. The molecule has 1 saturated heterocycles. The average Bonchev–Trinajstić information content (AvgIpc) is 2.62. The third kappa shape index (κ3) is 3.92. The average molecular weight is 425 g/mol. The van der Waals surface area contributed by atoms with Gasteiger partial charge >= 0.3 is 0 Å². The Morgan fingerprint density at radius 2 is 1.57 bits per heavy atom. The fourth-order valence-corrected chi connectivity index (χ4v) is 5.67. The molecule has 0 unspecified atom stereocenters. The molecule has 1 fully saturated rings. The molecule has 0 radical (unpaired) electrons. The van der Waals surface area contributed by atoms with Crippen molar-refractivity contribution < 1.29 is 17.6 Å². The second-order valence-electron chi connectivity index (χ2n) is 7.05. The smallest absolute Gasteiger partial charge is 0.256 e. The van der Waals surface area contributed by atoms with Gasteiger partial charge in [-0.1, -0.05) is 29.3 Å². The van der Waals surface area contributed by atoms with Crippen LogP contribution < -0.4 is 0 Å². The summed E-state index contributed by atoms with van der Waals surface area (Å²) in [5, 5.41) is 0.274. The lowest BCUT2D eigenvalue weighted by molar-refractivity contribution is 0.0693. The summed E-state index contributed by atoms with van der Waals surface area (Å²) in [4.78, 5) is 14.4. The van der Waals surface area contributed by atoms with E-state index in [2.05, 4.69) is 0 Å². The number of hydrogen-bond acceptors (Lipinski definition) is 3. The maximum Gasteiger partial charge on any atom is 0.256 e. The van der Waals surface area contributed by atoms with Crippen molar-refractivity contribution in [2.75, 3.05) is 26.2 Å². The summed E-state index contributed by atoms with van der Waals surface area (Å²) in [5.74, 6) is -1.13. The number of piperazine rings is 1. The third-order valence-corrected chi connectivity index (χ3v) is 7.33. The van der Waals surface area contributed by atoms with Crippen molar-refractivity contribution in [3.63, 3.8) is 0 Å². The van der Waals surface area contributed by atoms with Gasteiger partial charge in [0.15, 0.2) is 0 Å². The number of carbonyl (C=O) groups is 1. The third-order valence-electron chi connectivity index (χ3n) is 4.89. The van der Waals surface area contributed by atoms with Crippen LogP contribution in [-0.2, 0) is 10.0 Å². The van der Waals surface area contributed by atoms with Crippen molar-refractivity contribution >= 4 is 27.5 Å². The van der Waals surface area contributed by atoms with Crippen molar-refractivity contribution in [3.05, 3.63) is 63.4 Å². The summed E-state index contributed by atoms with van der Waals surface area (Å²) < 4.78 is 41.6. The van der Waals surface area contributed by atoms with Gasteiger partial charge in [0, 0.05) is 31.2 Å². The SMILES string of the molecule is Cc1cc(C)c(S(=O)(=O)N2CCN(C(=O)c3cc(Cl)ccc3F)CC2)c(C)c1. The number of benzene rings is 2. The summed E-state index contributed by atoms with van der Waals surface area (Å²) in [7, 11) is -3.67. The van der Waals surface area contributed by atoms with E-state index in [1.807, 2.05) is 19.1 Å². The van der Waals surface area contributed by atoms with Crippen molar-refractivity contribution in [3.8, 4) is 0 Å². The molecule has 3 rings (SSSR count). The number of nitrogens with zero attached hydrogens (tertiary/aromatic N) is 2. The van der Waals surface area contributed by atoms with E-state index in [-0.39, 0.29) is 36.8 Å². The first kappa shape index (κ1) is 20.8. The van der Waals surface area contributed by atoms with Crippen LogP contribution in [0.25, 0.3) is 0 Å². The molecular formula is C20H22ClFN2O3S. The maximum absolute atomic E-state index is 14.0. The molecule has 0 bridgehead atoms. The fourth-order valence-electron chi connectivity index (χ4n) is 3.67. The van der Waals surface area contributed by atoms with Crippen LogP contribution in [-0.4, -0.2) is 49.7 Å². The van der Waals surface area contributed by atoms with Crippen LogP contribution in [0.2, 0.25) is 5.02 Å². The Bertz CT molecular complexity index is 1010. The summed E-state index contributed by atoms with van der Waals surface area (Å²) in [6.07, 6.45) is 0. The number of carbonyl (C=O) groups excluding carboxylic acids is 1. The number of amides is 1. The predicted octanol–water partition coefficient (Wildman–Crippen LogP) is 3.55. The Hall–Kier alpha value is -1.96. The van der Waals surface area contributed by atoms with E-state index in [9.17, 15) is 17.6 Å². The van der Waals surface area contributed by atoms with E-state index in [0.29, 0.717) is 16.0 Å². The van der Waals surface area contributed by atoms with Crippen LogP contribution >= 0.6 is 11.6 Å². The van der Waals surface area contributed by atoms with Gasteiger partial charge in [-0.15, -0.1) is 0 Å². The Morgan fingerprint density at radius 3 is 2.14 bits per heavy atom. The number of rotatable bonds is 3. The van der Waals surface area contributed by atoms with Crippen molar-refractivity contribution in [2.24, 2.45) is 0 Å². The summed E-state index contributed by atoms with van der Waals surface area (Å²) in [6.45, 7) is 6.19. The number of aryl methyl sites for hydroxylation is 3. The molecule has 0 aliphatic carbocycles. The lowest BCUT2D eigenvalue weighted by atomic mass is 10.1. The lowest BCUT2D eigenvalue weighted by Gasteiger charge is -2.34. The van der Waals surface area contributed by atoms with Crippen LogP contribution in [0.4, 0.5) is 4.39 Å². The molecule has 2 aromatic rings. The molecule has 0 N–H and O–H groups in total. The topological polar surface area (TPSA) is 57.7 Å². The number of halogens is 2. The summed E-state index contributed by atoms with van der Waals surface area (Å²) >= 11 is 5.87. The Kier molecular flexibility index (Phi) is 5.79. The molecule has 28 heavy (non-hydrogen) atoms. The zero-order chi connectivity index (χ0) is 20.6. The van der Waals surface area contributed by atoms with Gasteiger partial charge in [0.25, 0.3) is 5.91 Å². The molecule has 0 atom stereocenters. The van der Waals surface area contributed by atoms with Crippen LogP contribution in [0, 0.1) is 26.6 Å². The van der Waals surface area contributed by atoms with E-state index in [4.69, 9.17) is 11.6 Å². The first-order valence-electron chi connectivity index (χ1n) is 8.93. The largest absolute Gasteiger partial charge is 0.336 e. The molecule has 1 amide bonds. The number of hydrogen-bond donors (Lipinski definition) is 0. The monoisotopic (exact) mass is 424 g/mol. The molecule has 1 aliphatic rings. The summed E-state index contributed by atoms with van der Waals surface area (Å²) in [6, 6.07) is 7.52. The van der Waals surface area contributed by atoms with Gasteiger partial charge in [-0.2, -0.15) is 4.31 Å². The maximum atomic E-state index is 14.0. The van der Waals surface area contributed by atoms with E-state index < -0.39 is 21.7 Å². The minimum absolute atomic E-state index is 0.103. The molecule has 0 spiro atoms. The lowest BCUT2D eigenvalue weighted by Crippen LogP contribution is -2.50. The molecule has 0 saturated carbocycles. The zero-order valence-corrected chi connectivity index (χ0v) is 17.6. The molecule has 1 heterocycles. The minimum atomic E-state index is -3.67. The zero-order valence-electron chi connectivity index (χ0n) is 16.0. The normalized spacial score (nSPS) is 15.7. The fraction of sp³-hybridized carbons (Fsp3) is 0.350. The van der Waals surface area contributed by atoms with Crippen molar-refractivity contribution in [1.29, 1.82) is 0 Å².